The van der Waals surface area contributed by atoms with Crippen molar-refractivity contribution in [3.05, 3.63) is 58.7 Å². The molecule has 8 nitrogen and oxygen atoms in total. The highest BCUT2D eigenvalue weighted by atomic mass is 19.1. The first-order valence-corrected chi connectivity index (χ1v) is 14.4. The lowest BCUT2D eigenvalue weighted by Crippen LogP contribution is -2.63. The summed E-state index contributed by atoms with van der Waals surface area (Å²) in [5, 5.41) is 13.5. The number of anilines is 1. The van der Waals surface area contributed by atoms with Crippen LogP contribution in [0.25, 0.3) is 0 Å². The summed E-state index contributed by atoms with van der Waals surface area (Å²) in [4.78, 5) is 25.5. The van der Waals surface area contributed by atoms with E-state index in [9.17, 15) is 14.4 Å². The van der Waals surface area contributed by atoms with E-state index in [1.165, 1.54) is 12.1 Å². The minimum absolute atomic E-state index is 0.0493. The molecule has 1 aromatic carbocycles. The first kappa shape index (κ1) is 28.6. The van der Waals surface area contributed by atoms with E-state index >= 15 is 0 Å². The Hall–Kier alpha value is -2.90. The van der Waals surface area contributed by atoms with E-state index in [1.54, 1.807) is 12.1 Å². The van der Waals surface area contributed by atoms with Crippen LogP contribution in [0.1, 0.15) is 57.1 Å². The third kappa shape index (κ3) is 5.91. The largest absolute Gasteiger partial charge is 0.378 e. The fraction of sp³-hybridized carbons (Fsp3) is 0.581. The summed E-state index contributed by atoms with van der Waals surface area (Å²) in [6.07, 6.45) is 0.444. The lowest BCUT2D eigenvalue weighted by molar-refractivity contribution is -0.121. The molecule has 0 spiro atoms. The summed E-state index contributed by atoms with van der Waals surface area (Å²) in [7, 11) is 0. The minimum Gasteiger partial charge on any atom is -0.378 e. The molecule has 0 bridgehead atoms. The number of fused-ring (bicyclic) bond motifs is 1. The van der Waals surface area contributed by atoms with Crippen molar-refractivity contribution in [2.45, 2.75) is 70.6 Å². The Bertz CT molecular complexity index is 1270. The number of carbonyl (C=O) groups is 1. The van der Waals surface area contributed by atoms with Gasteiger partial charge in [-0.25, -0.2) is 9.37 Å². The van der Waals surface area contributed by atoms with Crippen LogP contribution in [0.2, 0.25) is 0 Å². The number of pyridine rings is 1. The number of nitrogens with zero attached hydrogens (tertiary/aromatic N) is 5. The van der Waals surface area contributed by atoms with E-state index in [4.69, 9.17) is 9.72 Å². The van der Waals surface area contributed by atoms with E-state index in [-0.39, 0.29) is 23.2 Å². The summed E-state index contributed by atoms with van der Waals surface area (Å²) in [5.41, 5.74) is 3.17. The molecule has 1 amide bonds. The van der Waals surface area contributed by atoms with Gasteiger partial charge in [-0.15, -0.1) is 0 Å². The molecule has 3 aliphatic rings. The first-order valence-electron chi connectivity index (χ1n) is 14.4. The van der Waals surface area contributed by atoms with E-state index in [2.05, 4.69) is 55.8 Å². The zero-order chi connectivity index (χ0) is 28.6. The maximum absolute atomic E-state index is 14.0. The molecule has 5 rings (SSSR count). The second kappa shape index (κ2) is 11.5. The molecule has 1 N–H and O–H groups in total. The van der Waals surface area contributed by atoms with Gasteiger partial charge in [0.15, 0.2) is 0 Å². The third-order valence-corrected chi connectivity index (χ3v) is 8.62. The smallest absolute Gasteiger partial charge is 0.241 e. The average Bonchev–Trinajstić information content (AvgIpc) is 3.18. The van der Waals surface area contributed by atoms with Crippen LogP contribution in [0.15, 0.2) is 30.3 Å². The number of rotatable bonds is 6. The minimum atomic E-state index is -0.375. The molecule has 0 saturated carbocycles. The Morgan fingerprint density at radius 2 is 1.90 bits per heavy atom. The fourth-order valence-electron chi connectivity index (χ4n) is 6.38. The molecular formula is C31H41FN6O2. The molecule has 9 heteroatoms. The second-order valence-electron chi connectivity index (χ2n) is 12.5. The Balaban J connectivity index is 1.38. The summed E-state index contributed by atoms with van der Waals surface area (Å²) < 4.78 is 19.2. The number of piperazine rings is 1. The number of benzene rings is 1. The van der Waals surface area contributed by atoms with E-state index in [0.29, 0.717) is 43.3 Å². The fourth-order valence-corrected chi connectivity index (χ4v) is 6.38. The van der Waals surface area contributed by atoms with Crippen molar-refractivity contribution >= 4 is 11.6 Å². The Kier molecular flexibility index (Phi) is 8.25. The highest BCUT2D eigenvalue weighted by Crippen LogP contribution is 2.40. The maximum Gasteiger partial charge on any atom is 0.241 e. The molecule has 2 fully saturated rings. The van der Waals surface area contributed by atoms with Gasteiger partial charge in [-0.3, -0.25) is 14.6 Å². The molecule has 3 aliphatic heterocycles. The Labute approximate surface area is 237 Å². The van der Waals surface area contributed by atoms with Crippen LogP contribution >= 0.6 is 0 Å². The van der Waals surface area contributed by atoms with Crippen LogP contribution in [0.5, 0.6) is 0 Å². The van der Waals surface area contributed by atoms with Gasteiger partial charge in [0.25, 0.3) is 0 Å². The number of aromatic nitrogens is 1. The van der Waals surface area contributed by atoms with Crippen molar-refractivity contribution in [3.8, 4) is 6.07 Å². The number of hydrogen-bond donors (Lipinski definition) is 1. The number of nitriles is 1. The molecule has 0 radical (unpaired) electrons. The molecule has 2 unspecified atom stereocenters. The topological polar surface area (TPSA) is 84.7 Å². The monoisotopic (exact) mass is 548 g/mol. The van der Waals surface area contributed by atoms with E-state index in [1.807, 2.05) is 11.0 Å². The maximum atomic E-state index is 14.0. The standard InChI is InChI=1S/C31H41FN6O2/c1-20-14-36(26(13-34-20)15-37-21(2)17-40-18-22(37)3)16-29(39)38-19-31(4,5)30-28(38)11-24(27(12-33)35-30)10-23-6-8-25(32)9-7-23/h6-9,11,20-22,26,34H,10,13-19H2,1-5H3/t20?,21-,22?,26-/m1/s1. The Morgan fingerprint density at radius 3 is 2.58 bits per heavy atom. The Morgan fingerprint density at radius 1 is 1.20 bits per heavy atom. The van der Waals surface area contributed by atoms with Crippen molar-refractivity contribution in [1.29, 1.82) is 5.26 Å². The van der Waals surface area contributed by atoms with Gasteiger partial charge in [-0.1, -0.05) is 26.0 Å². The molecule has 0 aliphatic carbocycles. The van der Waals surface area contributed by atoms with Crippen LogP contribution in [0.4, 0.5) is 10.1 Å². The number of nitrogens with one attached hydrogen (secondary N) is 1. The molecule has 4 heterocycles. The van der Waals surface area contributed by atoms with Gasteiger partial charge >= 0.3 is 0 Å². The summed E-state index contributed by atoms with van der Waals surface area (Å²) in [6, 6.07) is 11.7. The average molecular weight is 549 g/mol. The van der Waals surface area contributed by atoms with Gasteiger partial charge in [0.2, 0.25) is 5.91 Å². The van der Waals surface area contributed by atoms with Crippen LogP contribution in [0.3, 0.4) is 0 Å². The SMILES string of the molecule is CC1CN(CC(=O)N2CC(C)(C)c3nc(C#N)c(Cc4ccc(F)cc4)cc32)[C@@H](CN2C(C)COC[C@H]2C)CN1. The highest BCUT2D eigenvalue weighted by Gasteiger charge is 2.42. The number of morpholine rings is 1. The van der Waals surface area contributed by atoms with Crippen molar-refractivity contribution < 1.29 is 13.9 Å². The number of ether oxygens (including phenoxy) is 1. The number of amides is 1. The molecule has 214 valence electrons. The summed E-state index contributed by atoms with van der Waals surface area (Å²) in [5.74, 6) is -0.249. The predicted octanol–water partition coefficient (Wildman–Crippen LogP) is 3.08. The lowest BCUT2D eigenvalue weighted by Gasteiger charge is -2.46. The van der Waals surface area contributed by atoms with Crippen LogP contribution in [-0.2, 0) is 21.4 Å². The summed E-state index contributed by atoms with van der Waals surface area (Å²) in [6.45, 7) is 15.6. The van der Waals surface area contributed by atoms with E-state index < -0.39 is 0 Å². The van der Waals surface area contributed by atoms with Crippen molar-refractivity contribution in [2.75, 3.05) is 50.8 Å². The molecule has 4 atom stereocenters. The number of halogens is 1. The van der Waals surface area contributed by atoms with Crippen LogP contribution < -0.4 is 10.2 Å². The van der Waals surface area contributed by atoms with Crippen molar-refractivity contribution in [3.63, 3.8) is 0 Å². The van der Waals surface area contributed by atoms with Gasteiger partial charge in [-0.2, -0.15) is 5.26 Å². The van der Waals surface area contributed by atoms with Gasteiger partial charge in [0.05, 0.1) is 31.1 Å². The zero-order valence-corrected chi connectivity index (χ0v) is 24.3. The van der Waals surface area contributed by atoms with Gasteiger partial charge in [-0.05, 0) is 50.1 Å². The predicted molar refractivity (Wildman–Crippen MR) is 153 cm³/mol. The number of carbonyl (C=O) groups excluding carboxylic acids is 1. The molecule has 40 heavy (non-hydrogen) atoms. The number of hydrogen-bond acceptors (Lipinski definition) is 7. The molecule has 1 aromatic heterocycles. The van der Waals surface area contributed by atoms with Crippen LogP contribution in [-0.4, -0.2) is 90.8 Å². The van der Waals surface area contributed by atoms with Gasteiger partial charge in [0, 0.05) is 62.2 Å². The molecular weight excluding hydrogens is 507 g/mol. The van der Waals surface area contributed by atoms with Crippen LogP contribution in [0, 0.1) is 17.1 Å². The normalized spacial score (nSPS) is 26.9. The highest BCUT2D eigenvalue weighted by molar-refractivity contribution is 5.97. The van der Waals surface area contributed by atoms with Gasteiger partial charge in [0.1, 0.15) is 17.6 Å². The first-order chi connectivity index (χ1) is 19.1. The van der Waals surface area contributed by atoms with Crippen molar-refractivity contribution in [1.82, 2.24) is 20.1 Å². The second-order valence-corrected chi connectivity index (χ2v) is 12.5. The van der Waals surface area contributed by atoms with Crippen molar-refractivity contribution in [2.24, 2.45) is 0 Å². The quantitative estimate of drug-likeness (QED) is 0.594. The molecule has 2 saturated heterocycles. The van der Waals surface area contributed by atoms with Gasteiger partial charge < -0.3 is 15.0 Å². The zero-order valence-electron chi connectivity index (χ0n) is 24.3. The lowest BCUT2D eigenvalue weighted by atomic mass is 9.90. The summed E-state index contributed by atoms with van der Waals surface area (Å²) >= 11 is 0. The van der Waals surface area contributed by atoms with E-state index in [0.717, 1.165) is 55.4 Å². The molecule has 2 aromatic rings. The third-order valence-electron chi connectivity index (χ3n) is 8.62.